The van der Waals surface area contributed by atoms with Crippen LogP contribution in [0.1, 0.15) is 52.9 Å². The fourth-order valence-corrected chi connectivity index (χ4v) is 5.53. The summed E-state index contributed by atoms with van der Waals surface area (Å²) in [6, 6.07) is 0. The highest BCUT2D eigenvalue weighted by molar-refractivity contribution is 5.96. The molecule has 3 fully saturated rings. The molecule has 0 unspecified atom stereocenters. The summed E-state index contributed by atoms with van der Waals surface area (Å²) in [7, 11) is 0. The molecular formula is C14H20O2. The van der Waals surface area contributed by atoms with Crippen LogP contribution < -0.4 is 0 Å². The molecule has 3 rings (SSSR count). The Bertz CT molecular complexity index is 400. The summed E-state index contributed by atoms with van der Waals surface area (Å²) in [5.41, 5.74) is -0.243. The lowest BCUT2D eigenvalue weighted by atomic mass is 9.57. The molecule has 0 heterocycles. The Kier molecular flexibility index (Phi) is 1.70. The standard InChI is InChI=1S/C14H20O2/c1-9-10(15)7-12(2)8-11(16)13(3)5-4-6-14(9,12)13/h9H,4-8H2,1-3H3/t9-,12-,13-,14-/m0/s1. The van der Waals surface area contributed by atoms with Crippen LogP contribution in [0.5, 0.6) is 0 Å². The Hall–Kier alpha value is -0.660. The molecule has 3 aliphatic rings. The molecule has 2 nitrogen and oxygen atoms in total. The van der Waals surface area contributed by atoms with Gasteiger partial charge in [-0.05, 0) is 23.7 Å². The third-order valence-electron chi connectivity index (χ3n) is 6.26. The summed E-state index contributed by atoms with van der Waals surface area (Å²) in [6.45, 7) is 6.38. The van der Waals surface area contributed by atoms with E-state index in [1.165, 1.54) is 0 Å². The Labute approximate surface area is 96.8 Å². The van der Waals surface area contributed by atoms with Crippen LogP contribution in [0.25, 0.3) is 0 Å². The molecule has 0 aliphatic heterocycles. The summed E-state index contributed by atoms with van der Waals surface area (Å²) >= 11 is 0. The van der Waals surface area contributed by atoms with Crippen molar-refractivity contribution in [3.8, 4) is 0 Å². The van der Waals surface area contributed by atoms with Crippen LogP contribution in [-0.4, -0.2) is 11.6 Å². The first-order valence-electron chi connectivity index (χ1n) is 6.43. The molecule has 0 radical (unpaired) electrons. The van der Waals surface area contributed by atoms with Gasteiger partial charge < -0.3 is 0 Å². The van der Waals surface area contributed by atoms with Gasteiger partial charge in [-0.25, -0.2) is 0 Å². The van der Waals surface area contributed by atoms with E-state index in [4.69, 9.17) is 0 Å². The van der Waals surface area contributed by atoms with Crippen molar-refractivity contribution in [2.45, 2.75) is 52.9 Å². The molecule has 0 aromatic heterocycles. The van der Waals surface area contributed by atoms with Crippen molar-refractivity contribution in [3.63, 3.8) is 0 Å². The number of carbonyl (C=O) groups excluding carboxylic acids is 2. The van der Waals surface area contributed by atoms with Crippen molar-refractivity contribution >= 4 is 11.6 Å². The highest BCUT2D eigenvalue weighted by Gasteiger charge is 2.75. The lowest BCUT2D eigenvalue weighted by Gasteiger charge is -2.44. The van der Waals surface area contributed by atoms with E-state index in [9.17, 15) is 9.59 Å². The van der Waals surface area contributed by atoms with Gasteiger partial charge in [0, 0.05) is 24.2 Å². The molecule has 3 aliphatic carbocycles. The van der Waals surface area contributed by atoms with Crippen LogP contribution in [-0.2, 0) is 9.59 Å². The van der Waals surface area contributed by atoms with Crippen LogP contribution in [0.3, 0.4) is 0 Å². The summed E-state index contributed by atoms with van der Waals surface area (Å²) in [4.78, 5) is 24.4. The van der Waals surface area contributed by atoms with Crippen molar-refractivity contribution in [1.82, 2.24) is 0 Å². The maximum atomic E-state index is 12.3. The summed E-state index contributed by atoms with van der Waals surface area (Å²) in [6.07, 6.45) is 4.47. The van der Waals surface area contributed by atoms with Crippen molar-refractivity contribution < 1.29 is 9.59 Å². The first-order chi connectivity index (χ1) is 7.37. The van der Waals surface area contributed by atoms with Crippen molar-refractivity contribution in [3.05, 3.63) is 0 Å². The van der Waals surface area contributed by atoms with Crippen LogP contribution in [0.4, 0.5) is 0 Å². The Morgan fingerprint density at radius 2 is 1.81 bits per heavy atom. The second-order valence-corrected chi connectivity index (χ2v) is 6.68. The smallest absolute Gasteiger partial charge is 0.139 e. The summed E-state index contributed by atoms with van der Waals surface area (Å²) in [5.74, 6) is 0.909. The minimum Gasteiger partial charge on any atom is -0.299 e. The molecule has 0 N–H and O–H groups in total. The monoisotopic (exact) mass is 220 g/mol. The van der Waals surface area contributed by atoms with Gasteiger partial charge in [0.15, 0.2) is 0 Å². The second-order valence-electron chi connectivity index (χ2n) is 6.68. The van der Waals surface area contributed by atoms with Gasteiger partial charge in [0.25, 0.3) is 0 Å². The van der Waals surface area contributed by atoms with E-state index >= 15 is 0 Å². The number of hydrogen-bond acceptors (Lipinski definition) is 2. The van der Waals surface area contributed by atoms with Gasteiger partial charge in [-0.3, -0.25) is 9.59 Å². The topological polar surface area (TPSA) is 34.1 Å². The SMILES string of the molecule is C[C@H]1C(=O)C[C@@]2(C)CC(=O)[C@]3(C)CCC[C@]123. The van der Waals surface area contributed by atoms with Gasteiger partial charge in [-0.2, -0.15) is 0 Å². The third kappa shape index (κ3) is 0.771. The number of rotatable bonds is 0. The van der Waals surface area contributed by atoms with Gasteiger partial charge in [0.2, 0.25) is 0 Å². The van der Waals surface area contributed by atoms with E-state index < -0.39 is 0 Å². The molecule has 3 saturated carbocycles. The van der Waals surface area contributed by atoms with Crippen LogP contribution in [0.15, 0.2) is 0 Å². The van der Waals surface area contributed by atoms with E-state index in [1.807, 2.05) is 0 Å². The van der Waals surface area contributed by atoms with Crippen LogP contribution >= 0.6 is 0 Å². The summed E-state index contributed by atoms with van der Waals surface area (Å²) in [5, 5.41) is 0. The molecule has 0 amide bonds. The Balaban J connectivity index is 2.24. The van der Waals surface area contributed by atoms with Crippen LogP contribution in [0.2, 0.25) is 0 Å². The zero-order chi connectivity index (χ0) is 11.8. The zero-order valence-electron chi connectivity index (χ0n) is 10.4. The predicted octanol–water partition coefficient (Wildman–Crippen LogP) is 2.75. The van der Waals surface area contributed by atoms with Crippen LogP contribution in [0, 0.1) is 22.2 Å². The molecule has 0 aromatic carbocycles. The molecule has 4 atom stereocenters. The van der Waals surface area contributed by atoms with Gasteiger partial charge >= 0.3 is 0 Å². The van der Waals surface area contributed by atoms with Crippen molar-refractivity contribution in [2.75, 3.05) is 0 Å². The van der Waals surface area contributed by atoms with Crippen molar-refractivity contribution in [2.24, 2.45) is 22.2 Å². The normalized spacial score (nSPS) is 55.6. The number of hydrogen-bond donors (Lipinski definition) is 0. The molecule has 2 heteroatoms. The zero-order valence-corrected chi connectivity index (χ0v) is 10.4. The average Bonchev–Trinajstić information content (AvgIpc) is 2.68. The van der Waals surface area contributed by atoms with Crippen molar-refractivity contribution in [1.29, 1.82) is 0 Å². The third-order valence-corrected chi connectivity index (χ3v) is 6.26. The number of carbonyl (C=O) groups is 2. The second kappa shape index (κ2) is 2.60. The first-order valence-corrected chi connectivity index (χ1v) is 6.43. The quantitative estimate of drug-likeness (QED) is 0.629. The number of Topliss-reactive ketones (excluding diaryl/α,β-unsaturated/α-hetero) is 2. The average molecular weight is 220 g/mol. The molecule has 88 valence electrons. The first kappa shape index (κ1) is 10.5. The van der Waals surface area contributed by atoms with E-state index in [2.05, 4.69) is 20.8 Å². The number of ketones is 2. The fourth-order valence-electron chi connectivity index (χ4n) is 5.53. The minimum absolute atomic E-state index is 0.00579. The lowest BCUT2D eigenvalue weighted by Crippen LogP contribution is -2.43. The molecule has 0 bridgehead atoms. The maximum absolute atomic E-state index is 12.3. The molecule has 0 saturated heterocycles. The van der Waals surface area contributed by atoms with Gasteiger partial charge in [-0.15, -0.1) is 0 Å². The molecular weight excluding hydrogens is 200 g/mol. The molecule has 16 heavy (non-hydrogen) atoms. The minimum atomic E-state index is -0.201. The van der Waals surface area contributed by atoms with E-state index in [-0.39, 0.29) is 22.2 Å². The highest BCUT2D eigenvalue weighted by atomic mass is 16.1. The molecule has 1 spiro atoms. The van der Waals surface area contributed by atoms with Gasteiger partial charge in [-0.1, -0.05) is 27.2 Å². The molecule has 0 aromatic rings. The lowest BCUT2D eigenvalue weighted by molar-refractivity contribution is -0.131. The summed E-state index contributed by atoms with van der Waals surface area (Å²) < 4.78 is 0. The largest absolute Gasteiger partial charge is 0.299 e. The van der Waals surface area contributed by atoms with E-state index in [0.29, 0.717) is 24.4 Å². The highest BCUT2D eigenvalue weighted by Crippen LogP contribution is 2.75. The Morgan fingerprint density at radius 3 is 2.50 bits per heavy atom. The van der Waals surface area contributed by atoms with Gasteiger partial charge in [0.05, 0.1) is 0 Å². The fraction of sp³-hybridized carbons (Fsp3) is 0.857. The van der Waals surface area contributed by atoms with E-state index in [1.54, 1.807) is 0 Å². The maximum Gasteiger partial charge on any atom is 0.139 e. The van der Waals surface area contributed by atoms with Gasteiger partial charge in [0.1, 0.15) is 11.6 Å². The Morgan fingerprint density at radius 1 is 1.12 bits per heavy atom. The predicted molar refractivity (Wildman–Crippen MR) is 60.9 cm³/mol. The van der Waals surface area contributed by atoms with E-state index in [0.717, 1.165) is 19.3 Å².